The van der Waals surface area contributed by atoms with Crippen molar-refractivity contribution in [2.75, 3.05) is 13.7 Å². The van der Waals surface area contributed by atoms with Crippen LogP contribution in [0.2, 0.25) is 0 Å². The second-order valence-corrected chi connectivity index (χ2v) is 8.43. The van der Waals surface area contributed by atoms with Gasteiger partial charge in [-0.2, -0.15) is 0 Å². The van der Waals surface area contributed by atoms with Crippen molar-refractivity contribution in [3.05, 3.63) is 108 Å². The predicted molar refractivity (Wildman–Crippen MR) is 127 cm³/mol. The number of fused-ring (bicyclic) bond motifs is 1. The maximum absolute atomic E-state index is 13.1. The Labute approximate surface area is 208 Å². The molecule has 0 N–H and O–H groups in total. The Kier molecular flexibility index (Phi) is 7.39. The van der Waals surface area contributed by atoms with E-state index in [1.54, 1.807) is 60.7 Å². The Bertz CT molecular complexity index is 1150. The first kappa shape index (κ1) is 24.1. The Morgan fingerprint density at radius 1 is 0.722 bits per heavy atom. The Morgan fingerprint density at radius 2 is 1.25 bits per heavy atom. The molecule has 0 radical (unpaired) electrons. The average Bonchev–Trinajstić information content (AvgIpc) is 2.95. The summed E-state index contributed by atoms with van der Waals surface area (Å²) >= 11 is 0. The van der Waals surface area contributed by atoms with Gasteiger partial charge >= 0.3 is 11.9 Å². The summed E-state index contributed by atoms with van der Waals surface area (Å²) < 4.78 is 35.5. The van der Waals surface area contributed by atoms with E-state index in [-0.39, 0.29) is 6.61 Å². The summed E-state index contributed by atoms with van der Waals surface area (Å²) in [4.78, 5) is 26.1. The quantitative estimate of drug-likeness (QED) is 0.481. The van der Waals surface area contributed by atoms with E-state index in [2.05, 4.69) is 0 Å². The monoisotopic (exact) mass is 490 g/mol. The number of benzene rings is 3. The van der Waals surface area contributed by atoms with Gasteiger partial charge in [0.15, 0.2) is 24.8 Å². The van der Waals surface area contributed by atoms with Gasteiger partial charge in [-0.25, -0.2) is 9.59 Å². The SMILES string of the molecule is CO[C@@H]1O[C@@H]2CO[C@H](c3ccccc3)O[C@@H]2[C@H](OC(=O)c2ccccc2)[C@H]1OC(=O)c1ccccc1. The van der Waals surface area contributed by atoms with E-state index >= 15 is 0 Å². The molecule has 0 spiro atoms. The van der Waals surface area contributed by atoms with E-state index in [4.69, 9.17) is 28.4 Å². The first-order chi connectivity index (χ1) is 17.6. The maximum atomic E-state index is 13.1. The number of esters is 2. The molecule has 0 aliphatic carbocycles. The lowest BCUT2D eigenvalue weighted by Gasteiger charge is -2.47. The van der Waals surface area contributed by atoms with Crippen LogP contribution < -0.4 is 0 Å². The van der Waals surface area contributed by atoms with Crippen molar-refractivity contribution in [1.82, 2.24) is 0 Å². The zero-order valence-corrected chi connectivity index (χ0v) is 19.6. The first-order valence-electron chi connectivity index (χ1n) is 11.7. The smallest absolute Gasteiger partial charge is 0.338 e. The zero-order chi connectivity index (χ0) is 24.9. The van der Waals surface area contributed by atoms with Crippen molar-refractivity contribution in [3.63, 3.8) is 0 Å². The standard InChI is InChI=1S/C28H26O8/c1-31-28-24(35-26(30)19-13-7-3-8-14-19)23(34-25(29)18-11-5-2-6-12-18)22-21(33-28)17-32-27(36-22)20-15-9-4-10-16-20/h2-16,21-24,27-28H,17H2,1H3/t21-,22+,23+,24-,27+,28-/m1/s1. The topological polar surface area (TPSA) is 89.5 Å². The van der Waals surface area contributed by atoms with Crippen LogP contribution in [0.4, 0.5) is 0 Å². The second-order valence-electron chi connectivity index (χ2n) is 8.43. The van der Waals surface area contributed by atoms with Crippen LogP contribution in [0.1, 0.15) is 32.6 Å². The van der Waals surface area contributed by atoms with Crippen LogP contribution in [0.5, 0.6) is 0 Å². The van der Waals surface area contributed by atoms with E-state index < -0.39 is 48.9 Å². The third-order valence-electron chi connectivity index (χ3n) is 6.09. The highest BCUT2D eigenvalue weighted by molar-refractivity contribution is 5.90. The van der Waals surface area contributed by atoms with Gasteiger partial charge in [0.2, 0.25) is 0 Å². The Balaban J connectivity index is 1.46. The number of methoxy groups -OCH3 is 1. The molecule has 0 saturated carbocycles. The summed E-state index contributed by atoms with van der Waals surface area (Å²) in [6, 6.07) is 26.5. The lowest BCUT2D eigenvalue weighted by Crippen LogP contribution is -2.64. The van der Waals surface area contributed by atoms with Crippen molar-refractivity contribution >= 4 is 11.9 Å². The Morgan fingerprint density at radius 3 is 1.81 bits per heavy atom. The van der Waals surface area contributed by atoms with Crippen LogP contribution in [0, 0.1) is 0 Å². The molecule has 186 valence electrons. The molecule has 0 amide bonds. The lowest BCUT2D eigenvalue weighted by atomic mass is 9.97. The van der Waals surface area contributed by atoms with E-state index in [1.807, 2.05) is 30.3 Å². The summed E-state index contributed by atoms with van der Waals surface area (Å²) in [6.45, 7) is 0.169. The van der Waals surface area contributed by atoms with Crippen LogP contribution in [0.3, 0.4) is 0 Å². The third-order valence-corrected chi connectivity index (χ3v) is 6.09. The Hall–Kier alpha value is -3.56. The number of ether oxygens (including phenoxy) is 6. The minimum atomic E-state index is -1.09. The molecule has 2 aliphatic rings. The highest BCUT2D eigenvalue weighted by Gasteiger charge is 2.54. The van der Waals surface area contributed by atoms with Gasteiger partial charge in [-0.05, 0) is 24.3 Å². The van der Waals surface area contributed by atoms with Crippen LogP contribution >= 0.6 is 0 Å². The summed E-state index contributed by atoms with van der Waals surface area (Å²) in [6.07, 6.45) is -5.23. The van der Waals surface area contributed by atoms with E-state index in [9.17, 15) is 9.59 Å². The van der Waals surface area contributed by atoms with E-state index in [1.165, 1.54) is 7.11 Å². The van der Waals surface area contributed by atoms with Gasteiger partial charge in [-0.1, -0.05) is 66.7 Å². The minimum absolute atomic E-state index is 0.169. The zero-order valence-electron chi connectivity index (χ0n) is 19.6. The van der Waals surface area contributed by atoms with Gasteiger partial charge in [0.05, 0.1) is 17.7 Å². The maximum Gasteiger partial charge on any atom is 0.338 e. The van der Waals surface area contributed by atoms with Crippen molar-refractivity contribution in [2.24, 2.45) is 0 Å². The molecule has 2 saturated heterocycles. The van der Waals surface area contributed by atoms with Crippen molar-refractivity contribution in [1.29, 1.82) is 0 Å². The minimum Gasteiger partial charge on any atom is -0.452 e. The molecular weight excluding hydrogens is 464 g/mol. The van der Waals surface area contributed by atoms with Crippen molar-refractivity contribution in [3.8, 4) is 0 Å². The molecule has 8 heteroatoms. The second kappa shape index (κ2) is 11.0. The highest BCUT2D eigenvalue weighted by atomic mass is 16.8. The fourth-order valence-corrected chi connectivity index (χ4v) is 4.31. The summed E-state index contributed by atoms with van der Waals surface area (Å²) in [5, 5.41) is 0. The first-order valence-corrected chi connectivity index (χ1v) is 11.7. The van der Waals surface area contributed by atoms with Gasteiger partial charge < -0.3 is 28.4 Å². The van der Waals surface area contributed by atoms with Gasteiger partial charge in [0.25, 0.3) is 0 Å². The van der Waals surface area contributed by atoms with E-state index in [0.29, 0.717) is 11.1 Å². The summed E-state index contributed by atoms with van der Waals surface area (Å²) in [7, 11) is 1.43. The van der Waals surface area contributed by atoms with Crippen LogP contribution in [0.15, 0.2) is 91.0 Å². The van der Waals surface area contributed by atoms with Crippen LogP contribution in [0.25, 0.3) is 0 Å². The molecule has 2 heterocycles. The molecule has 3 aromatic carbocycles. The van der Waals surface area contributed by atoms with Crippen molar-refractivity contribution < 1.29 is 38.0 Å². The van der Waals surface area contributed by atoms with Gasteiger partial charge in [0, 0.05) is 12.7 Å². The van der Waals surface area contributed by atoms with Crippen LogP contribution in [-0.4, -0.2) is 56.4 Å². The van der Waals surface area contributed by atoms with Gasteiger partial charge in [-0.3, -0.25) is 0 Å². The molecule has 6 atom stereocenters. The van der Waals surface area contributed by atoms with Gasteiger partial charge in [0.1, 0.15) is 12.2 Å². The number of carbonyl (C=O) groups is 2. The number of hydrogen-bond donors (Lipinski definition) is 0. The molecule has 0 bridgehead atoms. The number of hydrogen-bond acceptors (Lipinski definition) is 8. The third kappa shape index (κ3) is 5.17. The molecular formula is C28H26O8. The molecule has 0 aromatic heterocycles. The largest absolute Gasteiger partial charge is 0.452 e. The number of rotatable bonds is 6. The van der Waals surface area contributed by atoms with Crippen molar-refractivity contribution in [2.45, 2.75) is 37.0 Å². The van der Waals surface area contributed by atoms with Crippen LogP contribution in [-0.2, 0) is 28.4 Å². The summed E-state index contributed by atoms with van der Waals surface area (Å²) in [5.41, 5.74) is 1.50. The van der Waals surface area contributed by atoms with E-state index in [0.717, 1.165) is 5.56 Å². The number of carbonyl (C=O) groups excluding carboxylic acids is 2. The highest BCUT2D eigenvalue weighted by Crippen LogP contribution is 2.37. The molecule has 36 heavy (non-hydrogen) atoms. The average molecular weight is 491 g/mol. The fourth-order valence-electron chi connectivity index (χ4n) is 4.31. The fraction of sp³-hybridized carbons (Fsp3) is 0.286. The summed E-state index contributed by atoms with van der Waals surface area (Å²) in [5.74, 6) is -1.18. The molecule has 0 unspecified atom stereocenters. The molecule has 3 aromatic rings. The lowest BCUT2D eigenvalue weighted by molar-refractivity contribution is -0.356. The van der Waals surface area contributed by atoms with Gasteiger partial charge in [-0.15, -0.1) is 0 Å². The predicted octanol–water partition coefficient (Wildman–Crippen LogP) is 3.92. The normalized spacial score (nSPS) is 27.5. The molecule has 2 fully saturated rings. The molecule has 5 rings (SSSR count). The molecule has 8 nitrogen and oxygen atoms in total. The molecule has 2 aliphatic heterocycles.